The lowest BCUT2D eigenvalue weighted by atomic mass is 9.99. The van der Waals surface area contributed by atoms with Gasteiger partial charge in [0.05, 0.1) is 17.9 Å². The molecule has 0 aliphatic carbocycles. The number of nitrogens with two attached hydrogens (primary N) is 1. The van der Waals surface area contributed by atoms with Gasteiger partial charge in [0, 0.05) is 17.5 Å². The molecule has 0 saturated heterocycles. The second kappa shape index (κ2) is 7.80. The zero-order chi connectivity index (χ0) is 20.4. The van der Waals surface area contributed by atoms with E-state index in [1.165, 1.54) is 5.56 Å². The van der Waals surface area contributed by atoms with Gasteiger partial charge >= 0.3 is 0 Å². The highest BCUT2D eigenvalue weighted by atomic mass is 16.2. The van der Waals surface area contributed by atoms with Gasteiger partial charge in [-0.3, -0.25) is 9.59 Å². The minimum absolute atomic E-state index is 0.142. The van der Waals surface area contributed by atoms with E-state index in [-0.39, 0.29) is 18.9 Å². The number of carbonyl (C=O) groups is 2. The molecule has 3 rings (SSSR count). The van der Waals surface area contributed by atoms with Crippen molar-refractivity contribution in [3.63, 3.8) is 0 Å². The van der Waals surface area contributed by atoms with E-state index in [4.69, 9.17) is 15.8 Å². The van der Waals surface area contributed by atoms with Gasteiger partial charge < -0.3 is 11.1 Å². The van der Waals surface area contributed by atoms with Gasteiger partial charge in [-0.05, 0) is 57.4 Å². The lowest BCUT2D eigenvalue weighted by molar-refractivity contribution is -0.124. The number of hydrogen-bond donors (Lipinski definition) is 2. The Kier molecular flexibility index (Phi) is 5.44. The van der Waals surface area contributed by atoms with E-state index in [1.807, 2.05) is 37.6 Å². The molecule has 0 fully saturated rings. The van der Waals surface area contributed by atoms with Crippen LogP contribution in [0.25, 0.3) is 16.7 Å². The Morgan fingerprint density at radius 1 is 1.07 bits per heavy atom. The maximum atomic E-state index is 11.9. The number of pyridine rings is 1. The average Bonchev–Trinajstić information content (AvgIpc) is 2.96. The summed E-state index contributed by atoms with van der Waals surface area (Å²) in [6, 6.07) is 8.17. The summed E-state index contributed by atoms with van der Waals surface area (Å²) in [6.07, 6.45) is 0.813. The maximum absolute atomic E-state index is 11.9. The fraction of sp³-hybridized carbons (Fsp3) is 0.333. The highest BCUT2D eigenvalue weighted by Crippen LogP contribution is 2.28. The molecule has 0 unspecified atom stereocenters. The van der Waals surface area contributed by atoms with Gasteiger partial charge in [0.2, 0.25) is 11.8 Å². The molecule has 1 aromatic carbocycles. The highest BCUT2D eigenvalue weighted by Gasteiger charge is 2.18. The first-order valence-electron chi connectivity index (χ1n) is 9.25. The van der Waals surface area contributed by atoms with Crippen molar-refractivity contribution in [2.45, 2.75) is 40.5 Å². The van der Waals surface area contributed by atoms with Crippen LogP contribution in [-0.2, 0) is 16.0 Å². The summed E-state index contributed by atoms with van der Waals surface area (Å²) in [6.45, 7) is 7.87. The smallest absolute Gasteiger partial charge is 0.236 e. The monoisotopic (exact) mass is 379 g/mol. The van der Waals surface area contributed by atoms with Crippen LogP contribution < -0.4 is 11.1 Å². The SMILES string of the molecule is Cc1ccc(-n2nc(C)c3c(C)c(CCC(=O)NCC(N)=O)c(C)nc32)cc1. The number of primary amides is 1. The van der Waals surface area contributed by atoms with Gasteiger partial charge in [-0.2, -0.15) is 5.10 Å². The number of fused-ring (bicyclic) bond motifs is 1. The Morgan fingerprint density at radius 2 is 1.75 bits per heavy atom. The van der Waals surface area contributed by atoms with E-state index < -0.39 is 5.91 Å². The van der Waals surface area contributed by atoms with Crippen LogP contribution in [0.15, 0.2) is 24.3 Å². The van der Waals surface area contributed by atoms with Crippen molar-refractivity contribution < 1.29 is 9.59 Å². The summed E-state index contributed by atoms with van der Waals surface area (Å²) in [7, 11) is 0. The lowest BCUT2D eigenvalue weighted by Crippen LogP contribution is -2.33. The molecule has 2 amide bonds. The number of nitrogens with one attached hydrogen (secondary N) is 1. The Labute approximate surface area is 163 Å². The van der Waals surface area contributed by atoms with Crippen LogP contribution in [0.2, 0.25) is 0 Å². The summed E-state index contributed by atoms with van der Waals surface area (Å²) in [5.41, 5.74) is 11.9. The molecule has 0 spiro atoms. The largest absolute Gasteiger partial charge is 0.368 e. The van der Waals surface area contributed by atoms with Gasteiger partial charge in [-0.25, -0.2) is 9.67 Å². The van der Waals surface area contributed by atoms with E-state index in [1.54, 1.807) is 0 Å². The van der Waals surface area contributed by atoms with Crippen molar-refractivity contribution in [2.24, 2.45) is 5.73 Å². The lowest BCUT2D eigenvalue weighted by Gasteiger charge is -2.12. The topological polar surface area (TPSA) is 103 Å². The Hall–Kier alpha value is -3.22. The van der Waals surface area contributed by atoms with Crippen LogP contribution in [0.1, 0.15) is 34.5 Å². The standard InChI is InChI=1S/C21H25N5O2/c1-12-5-7-16(8-6-12)26-21-20(15(4)25-26)13(2)17(14(3)24-21)9-10-19(28)23-11-18(22)27/h5-8H,9-11H2,1-4H3,(H2,22,27)(H,23,28). The number of benzene rings is 1. The molecule has 28 heavy (non-hydrogen) atoms. The van der Waals surface area contributed by atoms with Crippen molar-refractivity contribution in [1.82, 2.24) is 20.1 Å². The second-order valence-electron chi connectivity index (χ2n) is 7.08. The van der Waals surface area contributed by atoms with Crippen molar-refractivity contribution in [3.05, 3.63) is 52.3 Å². The molecule has 3 aromatic rings. The van der Waals surface area contributed by atoms with E-state index in [2.05, 4.69) is 24.4 Å². The predicted molar refractivity (Wildman–Crippen MR) is 108 cm³/mol. The van der Waals surface area contributed by atoms with Crippen LogP contribution in [0.5, 0.6) is 0 Å². The molecule has 7 heteroatoms. The van der Waals surface area contributed by atoms with Crippen LogP contribution in [-0.4, -0.2) is 33.1 Å². The fourth-order valence-electron chi connectivity index (χ4n) is 3.45. The number of nitrogens with zero attached hydrogens (tertiary/aromatic N) is 3. The van der Waals surface area contributed by atoms with Crippen LogP contribution >= 0.6 is 0 Å². The van der Waals surface area contributed by atoms with E-state index >= 15 is 0 Å². The minimum Gasteiger partial charge on any atom is -0.368 e. The number of amides is 2. The summed E-state index contributed by atoms with van der Waals surface area (Å²) in [4.78, 5) is 27.5. The van der Waals surface area contributed by atoms with Gasteiger partial charge in [-0.15, -0.1) is 0 Å². The molecule has 0 bridgehead atoms. The maximum Gasteiger partial charge on any atom is 0.236 e. The number of aryl methyl sites for hydroxylation is 4. The van der Waals surface area contributed by atoms with E-state index in [0.717, 1.165) is 39.2 Å². The van der Waals surface area contributed by atoms with E-state index in [0.29, 0.717) is 6.42 Å². The van der Waals surface area contributed by atoms with Crippen molar-refractivity contribution >= 4 is 22.8 Å². The van der Waals surface area contributed by atoms with Crippen molar-refractivity contribution in [2.75, 3.05) is 6.54 Å². The van der Waals surface area contributed by atoms with Gasteiger partial charge in [0.1, 0.15) is 0 Å². The number of hydrogen-bond acceptors (Lipinski definition) is 4. The molecule has 0 aliphatic rings. The Bertz CT molecular complexity index is 1050. The Morgan fingerprint density at radius 3 is 2.39 bits per heavy atom. The van der Waals surface area contributed by atoms with Crippen LogP contribution in [0.4, 0.5) is 0 Å². The third kappa shape index (κ3) is 3.88. The normalized spacial score (nSPS) is 11.0. The average molecular weight is 379 g/mol. The molecular formula is C21H25N5O2. The zero-order valence-electron chi connectivity index (χ0n) is 16.7. The summed E-state index contributed by atoms with van der Waals surface area (Å²) in [5, 5.41) is 8.23. The number of rotatable bonds is 6. The Balaban J connectivity index is 1.94. The minimum atomic E-state index is -0.553. The highest BCUT2D eigenvalue weighted by molar-refractivity contribution is 5.86. The predicted octanol–water partition coefficient (Wildman–Crippen LogP) is 2.19. The molecule has 0 atom stereocenters. The van der Waals surface area contributed by atoms with Gasteiger partial charge in [0.15, 0.2) is 5.65 Å². The zero-order valence-corrected chi connectivity index (χ0v) is 16.7. The number of aromatic nitrogens is 3. The van der Waals surface area contributed by atoms with Crippen molar-refractivity contribution in [3.8, 4) is 5.69 Å². The molecule has 2 heterocycles. The molecule has 2 aromatic heterocycles. The molecule has 0 aliphatic heterocycles. The second-order valence-corrected chi connectivity index (χ2v) is 7.08. The van der Waals surface area contributed by atoms with Crippen LogP contribution in [0, 0.1) is 27.7 Å². The third-order valence-corrected chi connectivity index (χ3v) is 4.91. The fourth-order valence-corrected chi connectivity index (χ4v) is 3.45. The van der Waals surface area contributed by atoms with Crippen LogP contribution in [0.3, 0.4) is 0 Å². The third-order valence-electron chi connectivity index (χ3n) is 4.91. The summed E-state index contributed by atoms with van der Waals surface area (Å²) < 4.78 is 1.87. The van der Waals surface area contributed by atoms with Crippen molar-refractivity contribution in [1.29, 1.82) is 0 Å². The molecule has 0 radical (unpaired) electrons. The summed E-state index contributed by atoms with van der Waals surface area (Å²) in [5.74, 6) is -0.757. The van der Waals surface area contributed by atoms with Gasteiger partial charge in [0.25, 0.3) is 0 Å². The first kappa shape index (κ1) is 19.5. The quantitative estimate of drug-likeness (QED) is 0.685. The number of carbonyl (C=O) groups excluding carboxylic acids is 2. The molecule has 3 N–H and O–H groups in total. The molecule has 0 saturated carbocycles. The molecular weight excluding hydrogens is 354 g/mol. The first-order chi connectivity index (χ1) is 13.3. The first-order valence-corrected chi connectivity index (χ1v) is 9.25. The van der Waals surface area contributed by atoms with Gasteiger partial charge in [-0.1, -0.05) is 17.7 Å². The molecule has 7 nitrogen and oxygen atoms in total. The summed E-state index contributed by atoms with van der Waals surface area (Å²) >= 11 is 0. The molecule has 146 valence electrons. The van der Waals surface area contributed by atoms with E-state index in [9.17, 15) is 9.59 Å².